The Balaban J connectivity index is 2.68. The largest absolute Gasteiger partial charge is 0.381 e. The van der Waals surface area contributed by atoms with Gasteiger partial charge in [0.05, 0.1) is 0 Å². The molecule has 14 heavy (non-hydrogen) atoms. The molecule has 0 fully saturated rings. The molecule has 1 aromatic carbocycles. The van der Waals surface area contributed by atoms with Gasteiger partial charge in [0.2, 0.25) is 0 Å². The fourth-order valence-corrected chi connectivity index (χ4v) is 1.40. The maximum absolute atomic E-state index is 5.85. The Morgan fingerprint density at radius 3 is 2.79 bits per heavy atom. The molecule has 0 amide bonds. The van der Waals surface area contributed by atoms with Gasteiger partial charge in [-0.1, -0.05) is 23.2 Å². The molecular weight excluding hydrogens is 217 g/mol. The van der Waals surface area contributed by atoms with E-state index in [9.17, 15) is 0 Å². The average Bonchev–Trinajstić information content (AvgIpc) is 2.16. The van der Waals surface area contributed by atoms with Gasteiger partial charge in [0, 0.05) is 22.8 Å². The molecule has 76 valence electrons. The predicted molar refractivity (Wildman–Crippen MR) is 64.3 cm³/mol. The van der Waals surface area contributed by atoms with Crippen LogP contribution in [0.25, 0.3) is 0 Å². The summed E-state index contributed by atoms with van der Waals surface area (Å²) in [5, 5.41) is 4.04. The van der Waals surface area contributed by atoms with Crippen molar-refractivity contribution in [2.75, 3.05) is 11.9 Å². The lowest BCUT2D eigenvalue weighted by Crippen LogP contribution is -2.03. The van der Waals surface area contributed by atoms with E-state index >= 15 is 0 Å². The summed E-state index contributed by atoms with van der Waals surface area (Å²) in [6, 6.07) is 5.78. The van der Waals surface area contributed by atoms with Crippen molar-refractivity contribution < 1.29 is 0 Å². The number of nitrogens with one attached hydrogen (secondary N) is 1. The molecule has 0 atom stereocenters. The van der Waals surface area contributed by atoms with Gasteiger partial charge in [0.25, 0.3) is 0 Å². The smallest absolute Gasteiger partial charge is 0.0410 e. The minimum absolute atomic E-state index is 0.756. The van der Waals surface area contributed by atoms with E-state index in [1.807, 2.05) is 32.0 Å². The standard InChI is InChI=1S/C11H13Cl2N/c1-8(6-12)7-14-11-4-3-10(13)5-9(11)2/h3-6,14H,7H2,1-2H3/b8-6-. The van der Waals surface area contributed by atoms with Gasteiger partial charge in [0.15, 0.2) is 0 Å². The number of hydrogen-bond acceptors (Lipinski definition) is 1. The molecule has 1 aromatic rings. The summed E-state index contributed by atoms with van der Waals surface area (Å²) in [7, 11) is 0. The number of benzene rings is 1. The molecule has 0 aliphatic carbocycles. The summed E-state index contributed by atoms with van der Waals surface area (Å²) in [6.45, 7) is 4.76. The zero-order chi connectivity index (χ0) is 10.6. The minimum Gasteiger partial charge on any atom is -0.381 e. The van der Waals surface area contributed by atoms with Crippen LogP contribution >= 0.6 is 23.2 Å². The third-order valence-corrected chi connectivity index (χ3v) is 2.54. The molecule has 0 saturated heterocycles. The van der Waals surface area contributed by atoms with Crippen LogP contribution in [0.5, 0.6) is 0 Å². The monoisotopic (exact) mass is 229 g/mol. The van der Waals surface area contributed by atoms with E-state index in [0.717, 1.165) is 28.4 Å². The Kier molecular flexibility index (Phi) is 4.30. The highest BCUT2D eigenvalue weighted by Crippen LogP contribution is 2.19. The third-order valence-electron chi connectivity index (χ3n) is 1.93. The fourth-order valence-electron chi connectivity index (χ4n) is 1.10. The average molecular weight is 230 g/mol. The quantitative estimate of drug-likeness (QED) is 0.820. The van der Waals surface area contributed by atoms with E-state index in [-0.39, 0.29) is 0 Å². The topological polar surface area (TPSA) is 12.0 Å². The summed E-state index contributed by atoms with van der Waals surface area (Å²) >= 11 is 11.4. The van der Waals surface area contributed by atoms with Crippen LogP contribution < -0.4 is 5.32 Å². The zero-order valence-corrected chi connectivity index (χ0v) is 9.78. The molecule has 1 nitrogen and oxygen atoms in total. The van der Waals surface area contributed by atoms with Crippen molar-refractivity contribution in [3.05, 3.63) is 39.9 Å². The van der Waals surface area contributed by atoms with Crippen LogP contribution in [0.1, 0.15) is 12.5 Å². The molecule has 0 saturated carbocycles. The molecule has 1 N–H and O–H groups in total. The second kappa shape index (κ2) is 5.28. The Morgan fingerprint density at radius 2 is 2.21 bits per heavy atom. The van der Waals surface area contributed by atoms with Crippen molar-refractivity contribution in [2.45, 2.75) is 13.8 Å². The lowest BCUT2D eigenvalue weighted by atomic mass is 10.2. The van der Waals surface area contributed by atoms with Crippen LogP contribution in [0.2, 0.25) is 5.02 Å². The fraction of sp³-hybridized carbons (Fsp3) is 0.273. The van der Waals surface area contributed by atoms with Crippen molar-refractivity contribution in [2.24, 2.45) is 0 Å². The first-order valence-corrected chi connectivity index (χ1v) is 5.21. The summed E-state index contributed by atoms with van der Waals surface area (Å²) < 4.78 is 0. The van der Waals surface area contributed by atoms with E-state index in [2.05, 4.69) is 5.32 Å². The lowest BCUT2D eigenvalue weighted by molar-refractivity contribution is 1.20. The molecule has 0 unspecified atom stereocenters. The van der Waals surface area contributed by atoms with Crippen molar-refractivity contribution in [3.8, 4) is 0 Å². The summed E-state index contributed by atoms with van der Waals surface area (Å²) in [6.07, 6.45) is 0. The summed E-state index contributed by atoms with van der Waals surface area (Å²) in [5.41, 5.74) is 4.91. The minimum atomic E-state index is 0.756. The summed E-state index contributed by atoms with van der Waals surface area (Å²) in [4.78, 5) is 0. The van der Waals surface area contributed by atoms with E-state index < -0.39 is 0 Å². The van der Waals surface area contributed by atoms with Crippen LogP contribution in [0, 0.1) is 6.92 Å². The molecule has 0 heterocycles. The van der Waals surface area contributed by atoms with Gasteiger partial charge < -0.3 is 5.32 Å². The van der Waals surface area contributed by atoms with Crippen molar-refractivity contribution in [3.63, 3.8) is 0 Å². The van der Waals surface area contributed by atoms with Gasteiger partial charge in [-0.15, -0.1) is 0 Å². The Morgan fingerprint density at radius 1 is 1.50 bits per heavy atom. The highest BCUT2D eigenvalue weighted by atomic mass is 35.5. The number of rotatable bonds is 3. The van der Waals surface area contributed by atoms with E-state index in [1.54, 1.807) is 5.54 Å². The van der Waals surface area contributed by atoms with Gasteiger partial charge in [-0.3, -0.25) is 0 Å². The van der Waals surface area contributed by atoms with Crippen molar-refractivity contribution >= 4 is 28.9 Å². The molecule has 0 spiro atoms. The number of halogens is 2. The summed E-state index contributed by atoms with van der Waals surface area (Å²) in [5.74, 6) is 0. The lowest BCUT2D eigenvalue weighted by Gasteiger charge is -2.09. The first-order chi connectivity index (χ1) is 6.63. The van der Waals surface area contributed by atoms with Crippen molar-refractivity contribution in [1.29, 1.82) is 0 Å². The zero-order valence-electron chi connectivity index (χ0n) is 8.27. The van der Waals surface area contributed by atoms with Crippen molar-refractivity contribution in [1.82, 2.24) is 0 Å². The Hall–Kier alpha value is -0.660. The number of hydrogen-bond donors (Lipinski definition) is 1. The van der Waals surface area contributed by atoms with E-state index in [4.69, 9.17) is 23.2 Å². The van der Waals surface area contributed by atoms with Crippen LogP contribution in [0.3, 0.4) is 0 Å². The van der Waals surface area contributed by atoms with Gasteiger partial charge >= 0.3 is 0 Å². The van der Waals surface area contributed by atoms with Crippen LogP contribution in [0.15, 0.2) is 29.3 Å². The number of anilines is 1. The normalized spacial score (nSPS) is 11.6. The maximum atomic E-state index is 5.85. The first kappa shape index (κ1) is 11.4. The molecule has 3 heteroatoms. The van der Waals surface area contributed by atoms with Crippen LogP contribution in [-0.4, -0.2) is 6.54 Å². The molecule has 0 bridgehead atoms. The SMILES string of the molecule is C/C(=C/Cl)CNc1ccc(Cl)cc1C. The van der Waals surface area contributed by atoms with Crippen LogP contribution in [-0.2, 0) is 0 Å². The third kappa shape index (κ3) is 3.24. The molecular formula is C11H13Cl2N. The molecule has 0 radical (unpaired) electrons. The molecule has 0 aliphatic heterocycles. The number of aryl methyl sites for hydroxylation is 1. The highest BCUT2D eigenvalue weighted by Gasteiger charge is 1.98. The molecule has 1 rings (SSSR count). The second-order valence-corrected chi connectivity index (χ2v) is 3.92. The Labute approximate surface area is 94.7 Å². The van der Waals surface area contributed by atoms with Gasteiger partial charge in [-0.25, -0.2) is 0 Å². The van der Waals surface area contributed by atoms with E-state index in [1.165, 1.54) is 0 Å². The highest BCUT2D eigenvalue weighted by molar-refractivity contribution is 6.30. The van der Waals surface area contributed by atoms with Gasteiger partial charge in [0.1, 0.15) is 0 Å². The van der Waals surface area contributed by atoms with E-state index in [0.29, 0.717) is 0 Å². The van der Waals surface area contributed by atoms with Gasteiger partial charge in [-0.2, -0.15) is 0 Å². The second-order valence-electron chi connectivity index (χ2n) is 3.27. The molecule has 0 aromatic heterocycles. The predicted octanol–water partition coefficient (Wildman–Crippen LogP) is 4.20. The van der Waals surface area contributed by atoms with Crippen LogP contribution in [0.4, 0.5) is 5.69 Å². The molecule has 0 aliphatic rings. The maximum Gasteiger partial charge on any atom is 0.0410 e. The Bertz CT molecular complexity index is 345. The van der Waals surface area contributed by atoms with Gasteiger partial charge in [-0.05, 0) is 43.2 Å². The first-order valence-electron chi connectivity index (χ1n) is 4.39.